The van der Waals surface area contributed by atoms with E-state index in [0.717, 1.165) is 17.1 Å². The van der Waals surface area contributed by atoms with Crippen LogP contribution in [0.4, 0.5) is 4.39 Å². The van der Waals surface area contributed by atoms with Crippen LogP contribution in [0.15, 0.2) is 29.2 Å². The Morgan fingerprint density at radius 3 is 2.75 bits per heavy atom. The summed E-state index contributed by atoms with van der Waals surface area (Å²) in [5, 5.41) is 0. The fourth-order valence-electron chi connectivity index (χ4n) is 0.747. The van der Waals surface area contributed by atoms with Crippen LogP contribution in [0.3, 0.4) is 0 Å². The zero-order valence-electron chi connectivity index (χ0n) is 6.55. The molecule has 0 saturated carbocycles. The summed E-state index contributed by atoms with van der Waals surface area (Å²) in [6.07, 6.45) is 0.876. The molecule has 0 aliphatic carbocycles. The quantitative estimate of drug-likeness (QED) is 0.565. The van der Waals surface area contributed by atoms with E-state index in [1.807, 2.05) is 6.07 Å². The molecule has 0 saturated heterocycles. The van der Waals surface area contributed by atoms with Crippen LogP contribution in [0.1, 0.15) is 6.42 Å². The Bertz CT molecular complexity index is 228. The van der Waals surface area contributed by atoms with E-state index < -0.39 is 0 Å². The van der Waals surface area contributed by atoms with Gasteiger partial charge in [-0.25, -0.2) is 4.39 Å². The van der Waals surface area contributed by atoms with E-state index in [0.29, 0.717) is 0 Å². The van der Waals surface area contributed by atoms with Crippen LogP contribution in [-0.2, 0) is 16.8 Å². The summed E-state index contributed by atoms with van der Waals surface area (Å²) in [4.78, 5) is 0.980. The molecule has 0 N–H and O–H groups in total. The number of benzene rings is 1. The van der Waals surface area contributed by atoms with Crippen molar-refractivity contribution in [3.63, 3.8) is 0 Å². The van der Waals surface area contributed by atoms with Crippen molar-refractivity contribution in [1.29, 1.82) is 0 Å². The molecule has 3 heteroatoms. The van der Waals surface area contributed by atoms with Gasteiger partial charge in [-0.15, -0.1) is 11.8 Å². The van der Waals surface area contributed by atoms with Crippen molar-refractivity contribution in [2.45, 2.75) is 11.3 Å². The molecule has 0 aliphatic heterocycles. The van der Waals surface area contributed by atoms with Crippen molar-refractivity contribution in [2.75, 3.05) is 5.75 Å². The van der Waals surface area contributed by atoms with Gasteiger partial charge in [0, 0.05) is 21.7 Å². The minimum absolute atomic E-state index is 0. The second kappa shape index (κ2) is 6.51. The van der Waals surface area contributed by atoms with Crippen LogP contribution in [0, 0.1) is 12.7 Å². The Hall–Kier alpha value is 0.00649. The summed E-state index contributed by atoms with van der Waals surface area (Å²) < 4.78 is 12.6. The number of rotatable bonds is 3. The van der Waals surface area contributed by atoms with E-state index in [2.05, 4.69) is 6.92 Å². The van der Waals surface area contributed by atoms with Gasteiger partial charge in [-0.2, -0.15) is 6.42 Å². The largest absolute Gasteiger partial charge is 0.343 e. The zero-order chi connectivity index (χ0) is 8.10. The minimum atomic E-state index is -0.168. The first-order valence-electron chi connectivity index (χ1n) is 3.50. The average Bonchev–Trinajstić information content (AvgIpc) is 2.01. The summed E-state index contributed by atoms with van der Waals surface area (Å²) in [5.74, 6) is 0.780. The monoisotopic (exact) mass is 228 g/mol. The first kappa shape index (κ1) is 12.0. The molecule has 0 aliphatic rings. The summed E-state index contributed by atoms with van der Waals surface area (Å²) >= 11 is 1.63. The first-order chi connectivity index (χ1) is 5.33. The van der Waals surface area contributed by atoms with Gasteiger partial charge in [0.25, 0.3) is 0 Å². The molecule has 1 aromatic rings. The van der Waals surface area contributed by atoms with E-state index in [-0.39, 0.29) is 22.6 Å². The third-order valence-corrected chi connectivity index (χ3v) is 2.29. The van der Waals surface area contributed by atoms with Crippen molar-refractivity contribution in [2.24, 2.45) is 0 Å². The van der Waals surface area contributed by atoms with Gasteiger partial charge in [0.05, 0.1) is 0 Å². The van der Waals surface area contributed by atoms with Crippen LogP contribution in [-0.4, -0.2) is 5.75 Å². The predicted molar refractivity (Wildman–Crippen MR) is 47.1 cm³/mol. The topological polar surface area (TPSA) is 0 Å². The van der Waals surface area contributed by atoms with Gasteiger partial charge < -0.3 is 6.92 Å². The summed E-state index contributed by atoms with van der Waals surface area (Å²) in [5.41, 5.74) is 0. The third-order valence-electron chi connectivity index (χ3n) is 1.21. The average molecular weight is 228 g/mol. The Morgan fingerprint density at radius 2 is 2.17 bits per heavy atom. The second-order valence-corrected chi connectivity index (χ2v) is 3.33. The molecule has 1 radical (unpaired) electrons. The molecule has 0 unspecified atom stereocenters. The van der Waals surface area contributed by atoms with E-state index in [1.54, 1.807) is 23.9 Å². The molecule has 0 atom stereocenters. The van der Waals surface area contributed by atoms with Crippen LogP contribution < -0.4 is 0 Å². The van der Waals surface area contributed by atoms with Crippen LogP contribution in [0.5, 0.6) is 0 Å². The molecule has 12 heavy (non-hydrogen) atoms. The van der Waals surface area contributed by atoms with Crippen molar-refractivity contribution >= 4 is 11.8 Å². The molecular weight excluding hydrogens is 218 g/mol. The first-order valence-corrected chi connectivity index (χ1v) is 4.49. The summed E-state index contributed by atoms with van der Waals surface area (Å²) in [6.45, 7) is 3.71. The fraction of sp³-hybridized carbons (Fsp3) is 0.222. The second-order valence-electron chi connectivity index (χ2n) is 2.16. The van der Waals surface area contributed by atoms with Gasteiger partial charge >= 0.3 is 0 Å². The van der Waals surface area contributed by atoms with Crippen molar-refractivity contribution in [1.82, 2.24) is 0 Å². The third kappa shape index (κ3) is 4.14. The van der Waals surface area contributed by atoms with Crippen LogP contribution in [0.2, 0.25) is 0 Å². The van der Waals surface area contributed by atoms with Crippen molar-refractivity contribution in [3.05, 3.63) is 37.0 Å². The predicted octanol–water partition coefficient (Wildman–Crippen LogP) is 3.14. The van der Waals surface area contributed by atoms with Gasteiger partial charge in [0.1, 0.15) is 5.82 Å². The molecule has 69 valence electrons. The zero-order valence-corrected chi connectivity index (χ0v) is 8.41. The number of hydrogen-bond acceptors (Lipinski definition) is 1. The maximum atomic E-state index is 12.6. The van der Waals surface area contributed by atoms with E-state index in [1.165, 1.54) is 6.07 Å². The van der Waals surface area contributed by atoms with Crippen molar-refractivity contribution < 1.29 is 21.2 Å². The maximum Gasteiger partial charge on any atom is 0.124 e. The van der Waals surface area contributed by atoms with Crippen LogP contribution in [0.25, 0.3) is 0 Å². The molecule has 0 bridgehead atoms. The van der Waals surface area contributed by atoms with Gasteiger partial charge in [0.2, 0.25) is 0 Å². The molecule has 0 amide bonds. The maximum absolute atomic E-state index is 12.6. The number of hydrogen-bond donors (Lipinski definition) is 0. The van der Waals surface area contributed by atoms with Crippen molar-refractivity contribution in [3.8, 4) is 0 Å². The fourth-order valence-corrected chi connectivity index (χ4v) is 1.50. The Balaban J connectivity index is 0.00000121. The van der Waals surface area contributed by atoms with E-state index >= 15 is 0 Å². The summed E-state index contributed by atoms with van der Waals surface area (Å²) in [7, 11) is 0. The van der Waals surface area contributed by atoms with Crippen LogP contribution >= 0.6 is 11.8 Å². The van der Waals surface area contributed by atoms with E-state index in [4.69, 9.17) is 0 Å². The van der Waals surface area contributed by atoms with Gasteiger partial charge in [0.15, 0.2) is 0 Å². The van der Waals surface area contributed by atoms with Gasteiger partial charge in [-0.3, -0.25) is 0 Å². The molecule has 0 spiro atoms. The number of halogens is 1. The Kier molecular flexibility index (Phi) is 6.52. The molecule has 0 nitrogen and oxygen atoms in total. The smallest absolute Gasteiger partial charge is 0.124 e. The van der Waals surface area contributed by atoms with Gasteiger partial charge in [-0.05, 0) is 24.0 Å². The van der Waals surface area contributed by atoms with Gasteiger partial charge in [-0.1, -0.05) is 6.07 Å². The Morgan fingerprint density at radius 1 is 1.42 bits per heavy atom. The minimum Gasteiger partial charge on any atom is -0.343 e. The molecule has 1 aromatic carbocycles. The Labute approximate surface area is 87.1 Å². The normalized spacial score (nSPS) is 9.17. The molecule has 1 rings (SSSR count). The standard InChI is InChI=1S/C9H10FS.Co/c1-2-6-11-9-5-3-4-8(10)7-9;/h3-5,7H,1-2,6H2;/q-1;. The molecular formula is C9H10CoFS-. The molecule has 0 aromatic heterocycles. The number of thioether (sulfide) groups is 1. The molecule has 0 heterocycles. The molecule has 0 fully saturated rings. The SMILES string of the molecule is [CH2-]CCSc1cccc(F)c1.[Co]. The summed E-state index contributed by atoms with van der Waals surface area (Å²) in [6, 6.07) is 6.62. The van der Waals surface area contributed by atoms with E-state index in [9.17, 15) is 4.39 Å².